The number of carbonyl (C=O) groups is 1. The standard InChI is InChI=1S/C9H14N6O3/c1-5(2)13-7(16)4-11-8-6(15(17)18)3-12-9(10)14-8/h3,5H,4H2,1-2H3,(H,13,16)(H3,10,11,12,14). The summed E-state index contributed by atoms with van der Waals surface area (Å²) in [6, 6.07) is -0.00949. The summed E-state index contributed by atoms with van der Waals surface area (Å²) < 4.78 is 0. The normalized spacial score (nSPS) is 10.2. The summed E-state index contributed by atoms with van der Waals surface area (Å²) in [5.41, 5.74) is 5.00. The highest BCUT2D eigenvalue weighted by molar-refractivity contribution is 5.81. The van der Waals surface area contributed by atoms with Gasteiger partial charge in [0.2, 0.25) is 17.7 Å². The van der Waals surface area contributed by atoms with Crippen molar-refractivity contribution in [1.29, 1.82) is 0 Å². The Bertz CT molecular complexity index is 462. The van der Waals surface area contributed by atoms with E-state index < -0.39 is 4.92 Å². The van der Waals surface area contributed by atoms with Crippen molar-refractivity contribution in [3.05, 3.63) is 16.3 Å². The lowest BCUT2D eigenvalue weighted by Crippen LogP contribution is -2.35. The first-order valence-electron chi connectivity index (χ1n) is 5.20. The Morgan fingerprint density at radius 3 is 2.83 bits per heavy atom. The van der Waals surface area contributed by atoms with Crippen molar-refractivity contribution < 1.29 is 9.72 Å². The van der Waals surface area contributed by atoms with Crippen LogP contribution < -0.4 is 16.4 Å². The number of hydrogen-bond acceptors (Lipinski definition) is 7. The van der Waals surface area contributed by atoms with Crippen molar-refractivity contribution in [2.45, 2.75) is 19.9 Å². The van der Waals surface area contributed by atoms with Crippen LogP contribution in [-0.2, 0) is 4.79 Å². The molecule has 0 aliphatic rings. The van der Waals surface area contributed by atoms with Gasteiger partial charge in [-0.2, -0.15) is 4.98 Å². The quantitative estimate of drug-likeness (QED) is 0.493. The van der Waals surface area contributed by atoms with Gasteiger partial charge in [0.25, 0.3) is 0 Å². The maximum Gasteiger partial charge on any atom is 0.329 e. The fraction of sp³-hybridized carbons (Fsp3) is 0.444. The van der Waals surface area contributed by atoms with E-state index in [9.17, 15) is 14.9 Å². The molecule has 0 atom stereocenters. The van der Waals surface area contributed by atoms with Crippen LogP contribution in [0.1, 0.15) is 13.8 Å². The van der Waals surface area contributed by atoms with Crippen molar-refractivity contribution in [3.63, 3.8) is 0 Å². The first-order valence-corrected chi connectivity index (χ1v) is 5.20. The Labute approximate surface area is 103 Å². The van der Waals surface area contributed by atoms with Gasteiger partial charge in [-0.25, -0.2) is 4.98 Å². The molecule has 0 aromatic carbocycles. The molecule has 0 saturated heterocycles. The molecular weight excluding hydrogens is 240 g/mol. The van der Waals surface area contributed by atoms with E-state index in [0.717, 1.165) is 6.20 Å². The molecule has 9 nitrogen and oxygen atoms in total. The Balaban J connectivity index is 2.74. The Kier molecular flexibility index (Phi) is 4.35. The third-order valence-electron chi connectivity index (χ3n) is 1.85. The van der Waals surface area contributed by atoms with Crippen molar-refractivity contribution in [2.75, 3.05) is 17.6 Å². The third kappa shape index (κ3) is 3.85. The topological polar surface area (TPSA) is 136 Å². The van der Waals surface area contributed by atoms with Crippen LogP contribution >= 0.6 is 0 Å². The molecule has 0 saturated carbocycles. The number of nitrogen functional groups attached to an aromatic ring is 1. The van der Waals surface area contributed by atoms with Gasteiger partial charge in [-0.05, 0) is 13.8 Å². The predicted octanol–water partition coefficient (Wildman–Crippen LogP) is -0.0965. The fourth-order valence-electron chi connectivity index (χ4n) is 1.19. The number of carbonyl (C=O) groups excluding carboxylic acids is 1. The van der Waals surface area contributed by atoms with Crippen LogP contribution in [0.2, 0.25) is 0 Å². The predicted molar refractivity (Wildman–Crippen MR) is 64.9 cm³/mol. The minimum absolute atomic E-state index is 0.00949. The number of rotatable bonds is 5. The molecule has 0 aliphatic carbocycles. The summed E-state index contributed by atoms with van der Waals surface area (Å²) in [6.07, 6.45) is 0.991. The van der Waals surface area contributed by atoms with Crippen molar-refractivity contribution in [3.8, 4) is 0 Å². The molecule has 0 spiro atoms. The molecule has 18 heavy (non-hydrogen) atoms. The molecule has 9 heteroatoms. The van der Waals surface area contributed by atoms with Gasteiger partial charge in [0.05, 0.1) is 11.5 Å². The Hall–Kier alpha value is -2.45. The van der Waals surface area contributed by atoms with Gasteiger partial charge in [0.1, 0.15) is 6.20 Å². The molecular formula is C9H14N6O3. The lowest BCUT2D eigenvalue weighted by Gasteiger charge is -2.09. The maximum atomic E-state index is 11.4. The van der Waals surface area contributed by atoms with Crippen molar-refractivity contribution in [1.82, 2.24) is 15.3 Å². The fourth-order valence-corrected chi connectivity index (χ4v) is 1.19. The summed E-state index contributed by atoms with van der Waals surface area (Å²) in [6.45, 7) is 3.49. The minimum Gasteiger partial charge on any atom is -0.368 e. The monoisotopic (exact) mass is 254 g/mol. The Morgan fingerprint density at radius 2 is 2.28 bits per heavy atom. The molecule has 4 N–H and O–H groups in total. The van der Waals surface area contributed by atoms with Crippen molar-refractivity contribution in [2.24, 2.45) is 0 Å². The number of hydrogen-bond donors (Lipinski definition) is 3. The molecule has 1 amide bonds. The lowest BCUT2D eigenvalue weighted by molar-refractivity contribution is -0.384. The molecule has 0 unspecified atom stereocenters. The largest absolute Gasteiger partial charge is 0.368 e. The summed E-state index contributed by atoms with van der Waals surface area (Å²) in [7, 11) is 0. The zero-order chi connectivity index (χ0) is 13.7. The van der Waals surface area contributed by atoms with Gasteiger partial charge in [-0.1, -0.05) is 0 Å². The number of nitro groups is 1. The average molecular weight is 254 g/mol. The first-order chi connectivity index (χ1) is 8.40. The van der Waals surface area contributed by atoms with Crippen LogP contribution in [0.4, 0.5) is 17.5 Å². The minimum atomic E-state index is -0.651. The molecule has 98 valence electrons. The van der Waals surface area contributed by atoms with E-state index in [2.05, 4.69) is 20.6 Å². The summed E-state index contributed by atoms with van der Waals surface area (Å²) >= 11 is 0. The van der Waals surface area contributed by atoms with E-state index in [4.69, 9.17) is 5.73 Å². The number of nitrogens with zero attached hydrogens (tertiary/aromatic N) is 3. The molecule has 0 radical (unpaired) electrons. The van der Waals surface area contributed by atoms with Crippen LogP contribution in [0.15, 0.2) is 6.20 Å². The van der Waals surface area contributed by atoms with Gasteiger partial charge in [0, 0.05) is 6.04 Å². The third-order valence-corrected chi connectivity index (χ3v) is 1.85. The Morgan fingerprint density at radius 1 is 1.61 bits per heavy atom. The number of nitrogens with one attached hydrogen (secondary N) is 2. The zero-order valence-electron chi connectivity index (χ0n) is 10.0. The van der Waals surface area contributed by atoms with Gasteiger partial charge >= 0.3 is 5.69 Å². The van der Waals surface area contributed by atoms with Crippen LogP contribution in [0.5, 0.6) is 0 Å². The molecule has 1 aromatic heterocycles. The second-order valence-electron chi connectivity index (χ2n) is 3.79. The smallest absolute Gasteiger partial charge is 0.329 e. The summed E-state index contributed by atoms with van der Waals surface area (Å²) in [5.74, 6) is -0.477. The average Bonchev–Trinajstić information content (AvgIpc) is 2.25. The molecule has 0 fully saturated rings. The number of anilines is 2. The molecule has 0 aliphatic heterocycles. The van der Waals surface area contributed by atoms with Crippen LogP contribution in [0, 0.1) is 10.1 Å². The lowest BCUT2D eigenvalue weighted by atomic mass is 10.4. The van der Waals surface area contributed by atoms with Gasteiger partial charge in [-0.15, -0.1) is 0 Å². The SMILES string of the molecule is CC(C)NC(=O)CNc1nc(N)ncc1[N+](=O)[O-]. The molecule has 1 rings (SSSR count). The van der Waals surface area contributed by atoms with Crippen LogP contribution in [0.3, 0.4) is 0 Å². The molecule has 0 bridgehead atoms. The van der Waals surface area contributed by atoms with E-state index in [1.807, 2.05) is 13.8 Å². The highest BCUT2D eigenvalue weighted by atomic mass is 16.6. The van der Waals surface area contributed by atoms with E-state index in [0.29, 0.717) is 0 Å². The molecule has 1 aromatic rings. The van der Waals surface area contributed by atoms with Crippen LogP contribution in [0.25, 0.3) is 0 Å². The second-order valence-corrected chi connectivity index (χ2v) is 3.79. The van der Waals surface area contributed by atoms with Gasteiger partial charge in [-0.3, -0.25) is 14.9 Å². The first kappa shape index (κ1) is 13.6. The van der Waals surface area contributed by atoms with E-state index in [1.165, 1.54) is 0 Å². The summed E-state index contributed by atoms with van der Waals surface area (Å²) in [5, 5.41) is 15.9. The van der Waals surface area contributed by atoms with Crippen molar-refractivity contribution >= 4 is 23.4 Å². The van der Waals surface area contributed by atoms with E-state index in [-0.39, 0.29) is 35.9 Å². The van der Waals surface area contributed by atoms with Crippen LogP contribution in [-0.4, -0.2) is 33.4 Å². The maximum absolute atomic E-state index is 11.4. The van der Waals surface area contributed by atoms with Gasteiger partial charge < -0.3 is 16.4 Å². The highest BCUT2D eigenvalue weighted by Gasteiger charge is 2.17. The number of amides is 1. The van der Waals surface area contributed by atoms with Gasteiger partial charge in [0.15, 0.2) is 0 Å². The zero-order valence-corrected chi connectivity index (χ0v) is 10.0. The molecule has 1 heterocycles. The number of aromatic nitrogens is 2. The second kappa shape index (κ2) is 5.75. The summed E-state index contributed by atoms with van der Waals surface area (Å²) in [4.78, 5) is 28.6. The number of nitrogens with two attached hydrogens (primary N) is 1. The van der Waals surface area contributed by atoms with E-state index in [1.54, 1.807) is 0 Å². The highest BCUT2D eigenvalue weighted by Crippen LogP contribution is 2.20. The van der Waals surface area contributed by atoms with E-state index >= 15 is 0 Å².